The van der Waals surface area contributed by atoms with Crippen LogP contribution in [0.1, 0.15) is 51.0 Å². The van der Waals surface area contributed by atoms with Gasteiger partial charge in [-0.25, -0.2) is 13.4 Å². The number of hydrogen-bond donors (Lipinski definition) is 0. The Labute approximate surface area is 211 Å². The number of aromatic nitrogens is 1. The van der Waals surface area contributed by atoms with Crippen molar-refractivity contribution in [1.82, 2.24) is 4.98 Å². The number of carbonyl (C=O) groups is 1. The molecule has 0 spiro atoms. The van der Waals surface area contributed by atoms with Crippen LogP contribution in [0.25, 0.3) is 10.2 Å². The molecule has 1 aromatic heterocycles. The lowest BCUT2D eigenvalue weighted by molar-refractivity contribution is -0.119. The minimum Gasteiger partial charge on any atom is -0.497 e. The highest BCUT2D eigenvalue weighted by Gasteiger charge is 2.27. The molecule has 0 saturated carbocycles. The van der Waals surface area contributed by atoms with E-state index in [9.17, 15) is 13.2 Å². The van der Waals surface area contributed by atoms with Gasteiger partial charge in [-0.1, -0.05) is 37.3 Å². The van der Waals surface area contributed by atoms with Crippen LogP contribution in [0.5, 0.6) is 5.75 Å². The molecule has 2 aromatic carbocycles. The van der Waals surface area contributed by atoms with Crippen LogP contribution in [0.3, 0.4) is 0 Å². The molecule has 188 valence electrons. The van der Waals surface area contributed by atoms with E-state index in [2.05, 4.69) is 19.9 Å². The summed E-state index contributed by atoms with van der Waals surface area (Å²) in [5, 5.41) is 0.645. The highest BCUT2D eigenvalue weighted by molar-refractivity contribution is 7.91. The summed E-state index contributed by atoms with van der Waals surface area (Å²) < 4.78 is 37.5. The smallest absolute Gasteiger partial charge is 0.228 e. The standard InChI is InChI=1S/C26H32N2O5S2/c1-18(2)22-8-4-9-23-25(22)27-26(34-23)28(17-20-7-5-15-33-20)24(29)10-6-16-35(30,31)21-13-11-19(32-3)12-14-21/h4,8-9,11-14,18,20H,5-7,10,15-17H2,1-3H3. The lowest BCUT2D eigenvalue weighted by atomic mass is 10.0. The van der Waals surface area contributed by atoms with E-state index in [4.69, 9.17) is 14.5 Å². The molecule has 35 heavy (non-hydrogen) atoms. The van der Waals surface area contributed by atoms with Gasteiger partial charge in [0.05, 0.1) is 40.6 Å². The van der Waals surface area contributed by atoms with E-state index < -0.39 is 9.84 Å². The van der Waals surface area contributed by atoms with Crippen molar-refractivity contribution >= 4 is 42.4 Å². The van der Waals surface area contributed by atoms with Crippen LogP contribution in [0, 0.1) is 0 Å². The topological polar surface area (TPSA) is 85.8 Å². The van der Waals surface area contributed by atoms with E-state index in [1.807, 2.05) is 12.1 Å². The van der Waals surface area contributed by atoms with Gasteiger partial charge in [0.25, 0.3) is 0 Å². The second kappa shape index (κ2) is 11.1. The van der Waals surface area contributed by atoms with Gasteiger partial charge in [-0.2, -0.15) is 0 Å². The molecule has 1 atom stereocenters. The van der Waals surface area contributed by atoms with Gasteiger partial charge in [-0.05, 0) is 61.1 Å². The summed E-state index contributed by atoms with van der Waals surface area (Å²) in [4.78, 5) is 20.1. The van der Waals surface area contributed by atoms with E-state index in [-0.39, 0.29) is 35.5 Å². The highest BCUT2D eigenvalue weighted by Crippen LogP contribution is 2.34. The average Bonchev–Trinajstić information content (AvgIpc) is 3.51. The second-order valence-corrected chi connectivity index (χ2v) is 12.2. The SMILES string of the molecule is COc1ccc(S(=O)(=O)CCCC(=O)N(CC2CCCO2)c2nc3c(C(C)C)cccc3s2)cc1. The van der Waals surface area contributed by atoms with Crippen molar-refractivity contribution in [2.45, 2.75) is 56.4 Å². The fraction of sp³-hybridized carbons (Fsp3) is 0.462. The quantitative estimate of drug-likeness (QED) is 0.368. The Morgan fingerprint density at radius 2 is 2.00 bits per heavy atom. The summed E-state index contributed by atoms with van der Waals surface area (Å²) in [5.41, 5.74) is 2.08. The third-order valence-electron chi connectivity index (χ3n) is 6.23. The Kier molecular flexibility index (Phi) is 8.09. The number of methoxy groups -OCH3 is 1. The van der Waals surface area contributed by atoms with Crippen LogP contribution in [0.4, 0.5) is 5.13 Å². The summed E-state index contributed by atoms with van der Waals surface area (Å²) in [6, 6.07) is 12.4. The Bertz CT molecular complexity index is 1260. The van der Waals surface area contributed by atoms with E-state index in [0.29, 0.717) is 30.0 Å². The summed E-state index contributed by atoms with van der Waals surface area (Å²) in [5.74, 6) is 0.686. The first-order chi connectivity index (χ1) is 16.8. The number of rotatable bonds is 10. The van der Waals surface area contributed by atoms with Gasteiger partial charge in [0, 0.05) is 13.0 Å². The van der Waals surface area contributed by atoms with Crippen LogP contribution in [0.15, 0.2) is 47.4 Å². The van der Waals surface area contributed by atoms with Gasteiger partial charge in [0.1, 0.15) is 5.75 Å². The summed E-state index contributed by atoms with van der Waals surface area (Å²) >= 11 is 1.50. The molecule has 7 nitrogen and oxygen atoms in total. The molecule has 3 aromatic rings. The van der Waals surface area contributed by atoms with Gasteiger partial charge < -0.3 is 9.47 Å². The zero-order valence-electron chi connectivity index (χ0n) is 20.4. The zero-order chi connectivity index (χ0) is 25.0. The maximum atomic E-state index is 13.4. The van der Waals surface area contributed by atoms with Gasteiger partial charge in [-0.15, -0.1) is 0 Å². The Hall–Kier alpha value is -2.49. The van der Waals surface area contributed by atoms with Crippen molar-refractivity contribution in [2.24, 2.45) is 0 Å². The third kappa shape index (κ3) is 6.02. The summed E-state index contributed by atoms with van der Waals surface area (Å²) in [7, 11) is -1.96. The van der Waals surface area contributed by atoms with Crippen LogP contribution in [-0.2, 0) is 19.4 Å². The number of hydrogen-bond acceptors (Lipinski definition) is 7. The van der Waals surface area contributed by atoms with E-state index in [0.717, 1.165) is 28.6 Å². The predicted molar refractivity (Wildman–Crippen MR) is 139 cm³/mol. The van der Waals surface area contributed by atoms with Crippen molar-refractivity contribution < 1.29 is 22.7 Å². The molecule has 4 rings (SSSR count). The van der Waals surface area contributed by atoms with Crippen LogP contribution in [-0.4, -0.2) is 51.4 Å². The van der Waals surface area contributed by atoms with Crippen LogP contribution in [0.2, 0.25) is 0 Å². The van der Waals surface area contributed by atoms with Gasteiger partial charge >= 0.3 is 0 Å². The highest BCUT2D eigenvalue weighted by atomic mass is 32.2. The molecule has 1 aliphatic heterocycles. The fourth-order valence-corrected chi connectivity index (χ4v) is 6.61. The minimum absolute atomic E-state index is 0.0291. The third-order valence-corrected chi connectivity index (χ3v) is 9.09. The van der Waals surface area contributed by atoms with Crippen molar-refractivity contribution in [1.29, 1.82) is 0 Å². The van der Waals surface area contributed by atoms with E-state index in [1.54, 1.807) is 17.0 Å². The van der Waals surface area contributed by atoms with Crippen LogP contribution < -0.4 is 9.64 Å². The summed E-state index contributed by atoms with van der Waals surface area (Å²) in [6.45, 7) is 5.39. The second-order valence-electron chi connectivity index (χ2n) is 9.08. The molecule has 9 heteroatoms. The van der Waals surface area contributed by atoms with Gasteiger partial charge in [0.15, 0.2) is 15.0 Å². The Balaban J connectivity index is 1.50. The van der Waals surface area contributed by atoms with Crippen molar-refractivity contribution in [3.63, 3.8) is 0 Å². The molecule has 0 radical (unpaired) electrons. The molecule has 1 aliphatic rings. The number of fused-ring (bicyclic) bond motifs is 1. The number of benzene rings is 2. The van der Waals surface area contributed by atoms with Gasteiger partial charge in [0.2, 0.25) is 5.91 Å². The number of carbonyl (C=O) groups excluding carboxylic acids is 1. The molecule has 0 N–H and O–H groups in total. The predicted octanol–water partition coefficient (Wildman–Crippen LogP) is 5.19. The molecule has 1 saturated heterocycles. The largest absolute Gasteiger partial charge is 0.497 e. The zero-order valence-corrected chi connectivity index (χ0v) is 22.0. The number of amides is 1. The van der Waals surface area contributed by atoms with Gasteiger partial charge in [-0.3, -0.25) is 9.69 Å². The fourth-order valence-electron chi connectivity index (χ4n) is 4.27. The van der Waals surface area contributed by atoms with Crippen molar-refractivity contribution in [2.75, 3.05) is 30.9 Å². The minimum atomic E-state index is -3.49. The number of anilines is 1. The van der Waals surface area contributed by atoms with E-state index >= 15 is 0 Å². The molecular weight excluding hydrogens is 484 g/mol. The Morgan fingerprint density at radius 3 is 2.66 bits per heavy atom. The molecule has 0 bridgehead atoms. The van der Waals surface area contributed by atoms with E-state index in [1.165, 1.54) is 30.6 Å². The first-order valence-corrected chi connectivity index (χ1v) is 14.4. The summed E-state index contributed by atoms with van der Waals surface area (Å²) in [6.07, 6.45) is 2.20. The first-order valence-electron chi connectivity index (χ1n) is 12.0. The number of sulfone groups is 1. The van der Waals surface area contributed by atoms with Crippen molar-refractivity contribution in [3.8, 4) is 5.75 Å². The maximum absolute atomic E-state index is 13.4. The molecular formula is C26H32N2O5S2. The lowest BCUT2D eigenvalue weighted by Gasteiger charge is -2.23. The number of thiazole rings is 1. The molecule has 1 unspecified atom stereocenters. The van der Waals surface area contributed by atoms with Crippen LogP contribution >= 0.6 is 11.3 Å². The monoisotopic (exact) mass is 516 g/mol. The molecule has 0 aliphatic carbocycles. The average molecular weight is 517 g/mol. The lowest BCUT2D eigenvalue weighted by Crippen LogP contribution is -2.37. The Morgan fingerprint density at radius 1 is 1.23 bits per heavy atom. The first kappa shape index (κ1) is 25.6. The maximum Gasteiger partial charge on any atom is 0.228 e. The molecule has 1 amide bonds. The number of nitrogens with zero attached hydrogens (tertiary/aromatic N) is 2. The number of para-hydroxylation sites is 1. The van der Waals surface area contributed by atoms with Crippen molar-refractivity contribution in [3.05, 3.63) is 48.0 Å². The number of ether oxygens (including phenoxy) is 2. The molecule has 2 heterocycles. The molecule has 1 fully saturated rings. The normalized spacial score (nSPS) is 16.2.